The van der Waals surface area contributed by atoms with Gasteiger partial charge in [-0.15, -0.1) is 0 Å². The zero-order chi connectivity index (χ0) is 9.80. The summed E-state index contributed by atoms with van der Waals surface area (Å²) in [6.07, 6.45) is 5.60. The molecule has 0 bridgehead atoms. The Hall–Kier alpha value is -1.09. The topological polar surface area (TPSA) is 45.1 Å². The van der Waals surface area contributed by atoms with Gasteiger partial charge >= 0.3 is 0 Å². The van der Waals surface area contributed by atoms with Gasteiger partial charge in [0, 0.05) is 12.2 Å². The van der Waals surface area contributed by atoms with E-state index in [1.165, 1.54) is 0 Å². The van der Waals surface area contributed by atoms with Crippen LogP contribution in [-0.2, 0) is 0 Å². The van der Waals surface area contributed by atoms with Crippen molar-refractivity contribution >= 4 is 5.82 Å². The van der Waals surface area contributed by atoms with Crippen molar-refractivity contribution in [2.75, 3.05) is 5.32 Å². The minimum atomic E-state index is -0.0863. The van der Waals surface area contributed by atoms with Gasteiger partial charge in [-0.3, -0.25) is 0 Å². The predicted molar refractivity (Wildman–Crippen MR) is 56.1 cm³/mol. The largest absolute Gasteiger partial charge is 0.393 e. The van der Waals surface area contributed by atoms with Crippen LogP contribution in [0.15, 0.2) is 24.4 Å². The molecule has 0 atom stereocenters. The molecule has 1 aliphatic rings. The number of anilines is 1. The lowest BCUT2D eigenvalue weighted by atomic mass is 9.93. The Morgan fingerprint density at radius 2 is 2.00 bits per heavy atom. The van der Waals surface area contributed by atoms with Crippen LogP contribution in [0, 0.1) is 0 Å². The highest BCUT2D eigenvalue weighted by Crippen LogP contribution is 2.20. The van der Waals surface area contributed by atoms with Gasteiger partial charge in [0.2, 0.25) is 0 Å². The molecule has 0 spiro atoms. The van der Waals surface area contributed by atoms with E-state index in [-0.39, 0.29) is 6.10 Å². The molecular weight excluding hydrogens is 176 g/mol. The van der Waals surface area contributed by atoms with Crippen molar-refractivity contribution in [2.24, 2.45) is 0 Å². The van der Waals surface area contributed by atoms with Gasteiger partial charge in [0.1, 0.15) is 5.82 Å². The van der Waals surface area contributed by atoms with E-state index in [4.69, 9.17) is 0 Å². The second-order valence-corrected chi connectivity index (χ2v) is 3.86. The quantitative estimate of drug-likeness (QED) is 0.751. The number of hydrogen-bond acceptors (Lipinski definition) is 3. The molecule has 2 N–H and O–H groups in total. The molecule has 0 amide bonds. The summed E-state index contributed by atoms with van der Waals surface area (Å²) in [5.74, 6) is 0.939. The lowest BCUT2D eigenvalue weighted by molar-refractivity contribution is 0.126. The van der Waals surface area contributed by atoms with Crippen LogP contribution >= 0.6 is 0 Å². The monoisotopic (exact) mass is 192 g/mol. The molecule has 1 aromatic rings. The predicted octanol–water partition coefficient (Wildman–Crippen LogP) is 1.80. The summed E-state index contributed by atoms with van der Waals surface area (Å²) in [5, 5.41) is 12.7. The number of aliphatic hydroxyl groups excluding tert-OH is 1. The first-order valence-corrected chi connectivity index (χ1v) is 5.20. The third-order valence-corrected chi connectivity index (χ3v) is 2.71. The molecule has 0 aromatic carbocycles. The molecule has 14 heavy (non-hydrogen) atoms. The van der Waals surface area contributed by atoms with E-state index < -0.39 is 0 Å². The van der Waals surface area contributed by atoms with Crippen molar-refractivity contribution in [2.45, 2.75) is 37.8 Å². The Kier molecular flexibility index (Phi) is 2.99. The van der Waals surface area contributed by atoms with Crippen molar-refractivity contribution in [3.8, 4) is 0 Å². The summed E-state index contributed by atoms with van der Waals surface area (Å²) < 4.78 is 0. The molecule has 3 heteroatoms. The number of aliphatic hydroxyl groups is 1. The van der Waals surface area contributed by atoms with Crippen molar-refractivity contribution < 1.29 is 5.11 Å². The second kappa shape index (κ2) is 4.42. The maximum Gasteiger partial charge on any atom is 0.126 e. The molecule has 0 unspecified atom stereocenters. The number of pyridine rings is 1. The number of rotatable bonds is 2. The van der Waals surface area contributed by atoms with Crippen molar-refractivity contribution in [1.82, 2.24) is 4.98 Å². The minimum Gasteiger partial charge on any atom is -0.393 e. The average molecular weight is 192 g/mol. The summed E-state index contributed by atoms with van der Waals surface area (Å²) in [4.78, 5) is 4.22. The first-order valence-electron chi connectivity index (χ1n) is 5.20. The highest BCUT2D eigenvalue weighted by Gasteiger charge is 2.18. The summed E-state index contributed by atoms with van der Waals surface area (Å²) >= 11 is 0. The van der Waals surface area contributed by atoms with Gasteiger partial charge < -0.3 is 10.4 Å². The highest BCUT2D eigenvalue weighted by atomic mass is 16.3. The minimum absolute atomic E-state index is 0.0863. The van der Waals surface area contributed by atoms with Gasteiger partial charge in [-0.05, 0) is 37.8 Å². The maximum atomic E-state index is 9.35. The Morgan fingerprint density at radius 3 is 2.64 bits per heavy atom. The Bertz CT molecular complexity index is 268. The molecule has 1 aromatic heterocycles. The van der Waals surface area contributed by atoms with Crippen LogP contribution in [-0.4, -0.2) is 22.2 Å². The van der Waals surface area contributed by atoms with E-state index in [2.05, 4.69) is 10.3 Å². The average Bonchev–Trinajstić information content (AvgIpc) is 2.23. The molecule has 1 fully saturated rings. The van der Waals surface area contributed by atoms with E-state index in [1.807, 2.05) is 18.2 Å². The summed E-state index contributed by atoms with van der Waals surface area (Å²) in [6.45, 7) is 0. The van der Waals surface area contributed by atoms with Gasteiger partial charge in [-0.2, -0.15) is 0 Å². The Balaban J connectivity index is 1.87. The van der Waals surface area contributed by atoms with Crippen LogP contribution in [0.25, 0.3) is 0 Å². The normalized spacial score (nSPS) is 27.2. The smallest absolute Gasteiger partial charge is 0.126 e. The van der Waals surface area contributed by atoms with Gasteiger partial charge in [0.15, 0.2) is 0 Å². The summed E-state index contributed by atoms with van der Waals surface area (Å²) in [5.41, 5.74) is 0. The van der Waals surface area contributed by atoms with Crippen LogP contribution < -0.4 is 5.32 Å². The van der Waals surface area contributed by atoms with Crippen LogP contribution in [0.4, 0.5) is 5.82 Å². The molecular formula is C11H16N2O. The van der Waals surface area contributed by atoms with Crippen LogP contribution in [0.2, 0.25) is 0 Å². The fraction of sp³-hybridized carbons (Fsp3) is 0.545. The molecule has 0 saturated heterocycles. The second-order valence-electron chi connectivity index (χ2n) is 3.86. The number of nitrogens with one attached hydrogen (secondary N) is 1. The number of aromatic nitrogens is 1. The van der Waals surface area contributed by atoms with Crippen LogP contribution in [0.3, 0.4) is 0 Å². The molecule has 0 radical (unpaired) electrons. The Labute approximate surface area is 84.2 Å². The fourth-order valence-electron chi connectivity index (χ4n) is 1.88. The van der Waals surface area contributed by atoms with Gasteiger partial charge in [0.25, 0.3) is 0 Å². The van der Waals surface area contributed by atoms with Crippen molar-refractivity contribution in [3.05, 3.63) is 24.4 Å². The van der Waals surface area contributed by atoms with Crippen LogP contribution in [0.1, 0.15) is 25.7 Å². The van der Waals surface area contributed by atoms with Crippen molar-refractivity contribution in [3.63, 3.8) is 0 Å². The molecule has 1 saturated carbocycles. The molecule has 1 aliphatic carbocycles. The van der Waals surface area contributed by atoms with E-state index >= 15 is 0 Å². The third kappa shape index (κ3) is 2.45. The van der Waals surface area contributed by atoms with Gasteiger partial charge in [-0.1, -0.05) is 6.07 Å². The first-order chi connectivity index (χ1) is 6.84. The highest BCUT2D eigenvalue weighted by molar-refractivity contribution is 5.34. The van der Waals surface area contributed by atoms with E-state index in [0.717, 1.165) is 31.5 Å². The molecule has 1 heterocycles. The standard InChI is InChI=1S/C11H16N2O/c14-10-6-4-9(5-7-10)13-11-3-1-2-8-12-11/h1-3,8-10,14H,4-7H2,(H,12,13). The fourth-order valence-corrected chi connectivity index (χ4v) is 1.88. The SMILES string of the molecule is OC1CCC(Nc2ccccn2)CC1. The molecule has 0 aliphatic heterocycles. The molecule has 2 rings (SSSR count). The summed E-state index contributed by atoms with van der Waals surface area (Å²) in [7, 11) is 0. The van der Waals surface area contributed by atoms with E-state index in [9.17, 15) is 5.11 Å². The Morgan fingerprint density at radius 1 is 1.21 bits per heavy atom. The zero-order valence-electron chi connectivity index (χ0n) is 8.19. The lowest BCUT2D eigenvalue weighted by Crippen LogP contribution is -2.28. The third-order valence-electron chi connectivity index (χ3n) is 2.71. The van der Waals surface area contributed by atoms with Gasteiger partial charge in [-0.25, -0.2) is 4.98 Å². The molecule has 3 nitrogen and oxygen atoms in total. The zero-order valence-corrected chi connectivity index (χ0v) is 8.19. The lowest BCUT2D eigenvalue weighted by Gasteiger charge is -2.26. The van der Waals surface area contributed by atoms with E-state index in [1.54, 1.807) is 6.20 Å². The van der Waals surface area contributed by atoms with E-state index in [0.29, 0.717) is 6.04 Å². The number of hydrogen-bond donors (Lipinski definition) is 2. The van der Waals surface area contributed by atoms with Gasteiger partial charge in [0.05, 0.1) is 6.10 Å². The number of nitrogens with zero attached hydrogens (tertiary/aromatic N) is 1. The maximum absolute atomic E-state index is 9.35. The summed E-state index contributed by atoms with van der Waals surface area (Å²) in [6, 6.07) is 6.35. The van der Waals surface area contributed by atoms with Crippen LogP contribution in [0.5, 0.6) is 0 Å². The first kappa shape index (κ1) is 9.46. The molecule has 76 valence electrons. The van der Waals surface area contributed by atoms with Crippen molar-refractivity contribution in [1.29, 1.82) is 0 Å².